The Kier molecular flexibility index (Phi) is 16.7. The van der Waals surface area contributed by atoms with Crippen LogP contribution in [0.3, 0.4) is 0 Å². The largest absolute Gasteiger partial charge is 0.496 e. The number of amides is 1. The van der Waals surface area contributed by atoms with Crippen LogP contribution < -0.4 is 14.2 Å². The molecule has 0 bridgehead atoms. The maximum Gasteiger partial charge on any atom is 0.294 e. The van der Waals surface area contributed by atoms with Crippen LogP contribution in [0, 0.1) is 10.1 Å². The summed E-state index contributed by atoms with van der Waals surface area (Å²) < 4.78 is 41.6. The van der Waals surface area contributed by atoms with Crippen molar-refractivity contribution in [2.75, 3.05) is 60.8 Å². The summed E-state index contributed by atoms with van der Waals surface area (Å²) in [5.41, 5.74) is 4.06. The highest BCUT2D eigenvalue weighted by atomic mass is 16.9. The first-order valence-corrected chi connectivity index (χ1v) is 20.3. The van der Waals surface area contributed by atoms with Gasteiger partial charge in [-0.15, -0.1) is 10.1 Å². The highest BCUT2D eigenvalue weighted by Gasteiger charge is 2.41. The molecule has 1 heterocycles. The van der Waals surface area contributed by atoms with Gasteiger partial charge in [0.15, 0.2) is 0 Å². The molecule has 0 aliphatic carbocycles. The second kappa shape index (κ2) is 22.7. The molecular weight excluding hydrogens is 785 g/mol. The van der Waals surface area contributed by atoms with Gasteiger partial charge < -0.3 is 48.0 Å². The van der Waals surface area contributed by atoms with E-state index in [1.54, 1.807) is 43.4 Å². The minimum atomic E-state index is -0.889. The maximum atomic E-state index is 14.1. The van der Waals surface area contributed by atoms with Gasteiger partial charge in [0.25, 0.3) is 5.09 Å². The van der Waals surface area contributed by atoms with Crippen LogP contribution in [0.1, 0.15) is 40.2 Å². The Labute approximate surface area is 355 Å². The molecule has 0 spiro atoms. The zero-order valence-electron chi connectivity index (χ0n) is 34.8. The van der Waals surface area contributed by atoms with Gasteiger partial charge in [-0.25, -0.2) is 0 Å². The van der Waals surface area contributed by atoms with Gasteiger partial charge in [0.1, 0.15) is 30.0 Å². The summed E-state index contributed by atoms with van der Waals surface area (Å²) >= 11 is 0. The Bertz CT molecular complexity index is 2170. The lowest BCUT2D eigenvalue weighted by Gasteiger charge is -2.44. The number of fused-ring (bicyclic) bond motifs is 1. The third-order valence-electron chi connectivity index (χ3n) is 10.5. The minimum absolute atomic E-state index is 0.0234. The SMILES string of the molecule is COCC(O)COC1CN(C(=O)Cc2cccc(CO[N+](=O)[O-])c2)CC(OCc2cc(OC)c3ccccc3c2)C1c1ccc(OCCCOCc2ccccc2OC)cc1. The summed E-state index contributed by atoms with van der Waals surface area (Å²) in [6, 6.07) is 34.6. The third kappa shape index (κ3) is 12.9. The van der Waals surface area contributed by atoms with Crippen molar-refractivity contribution in [1.29, 1.82) is 0 Å². The van der Waals surface area contributed by atoms with Crippen molar-refractivity contribution in [2.24, 2.45) is 0 Å². The zero-order valence-corrected chi connectivity index (χ0v) is 34.8. The fraction of sp³-hybridized carbons (Fsp3) is 0.383. The molecule has 5 aromatic rings. The number of methoxy groups -OCH3 is 3. The topological polar surface area (TPSA) is 158 Å². The number of rotatable bonds is 23. The number of benzene rings is 5. The molecule has 1 fully saturated rings. The predicted octanol–water partition coefficient (Wildman–Crippen LogP) is 6.70. The van der Waals surface area contributed by atoms with Gasteiger partial charge in [-0.2, -0.15) is 0 Å². The molecule has 14 heteroatoms. The van der Waals surface area contributed by atoms with E-state index >= 15 is 0 Å². The fourth-order valence-corrected chi connectivity index (χ4v) is 7.57. The van der Waals surface area contributed by atoms with Gasteiger partial charge in [-0.3, -0.25) is 4.79 Å². The molecule has 324 valence electrons. The van der Waals surface area contributed by atoms with Crippen LogP contribution in [-0.4, -0.2) is 100 Å². The van der Waals surface area contributed by atoms with Gasteiger partial charge in [0.2, 0.25) is 5.91 Å². The van der Waals surface area contributed by atoms with Crippen molar-refractivity contribution in [3.05, 3.63) is 147 Å². The van der Waals surface area contributed by atoms with Crippen LogP contribution in [0.15, 0.2) is 109 Å². The molecule has 0 aromatic heterocycles. The Morgan fingerprint density at radius 2 is 1.51 bits per heavy atom. The summed E-state index contributed by atoms with van der Waals surface area (Å²) in [5, 5.41) is 22.6. The van der Waals surface area contributed by atoms with E-state index in [0.29, 0.717) is 43.1 Å². The number of carbonyl (C=O) groups excluding carboxylic acids is 1. The Morgan fingerprint density at radius 1 is 0.770 bits per heavy atom. The average molecular weight is 839 g/mol. The molecule has 61 heavy (non-hydrogen) atoms. The second-order valence-corrected chi connectivity index (χ2v) is 14.8. The first kappa shape index (κ1) is 44.8. The van der Waals surface area contributed by atoms with Crippen molar-refractivity contribution in [2.45, 2.75) is 56.9 Å². The van der Waals surface area contributed by atoms with Crippen molar-refractivity contribution < 1.29 is 53.0 Å². The number of aliphatic hydroxyl groups is 1. The maximum absolute atomic E-state index is 14.1. The van der Waals surface area contributed by atoms with E-state index in [-0.39, 0.29) is 57.8 Å². The van der Waals surface area contributed by atoms with E-state index in [4.69, 9.17) is 33.2 Å². The van der Waals surface area contributed by atoms with Crippen molar-refractivity contribution in [1.82, 2.24) is 4.90 Å². The molecule has 14 nitrogen and oxygen atoms in total. The number of ether oxygens (including phenoxy) is 7. The van der Waals surface area contributed by atoms with Crippen molar-refractivity contribution >= 4 is 16.7 Å². The van der Waals surface area contributed by atoms with Crippen LogP contribution in [0.5, 0.6) is 17.2 Å². The standard InChI is InChI=1S/C47H54N2O12/c1-54-31-39(50)32-60-45-27-48(46(51)25-33-10-8-11-34(22-33)29-61-49(52)53)26-44(59-28-35-23-37-12-4-6-14-41(37)43(24-35)56-3)47(45)36-16-18-40(19-17-36)58-21-9-20-57-30-38-13-5-7-15-42(38)55-2/h4-8,10-19,22-24,39,44-45,47,50H,9,20-21,25-32H2,1-3H3. The second-order valence-electron chi connectivity index (χ2n) is 14.8. The highest BCUT2D eigenvalue weighted by molar-refractivity contribution is 5.89. The molecule has 4 unspecified atom stereocenters. The third-order valence-corrected chi connectivity index (χ3v) is 10.5. The summed E-state index contributed by atoms with van der Waals surface area (Å²) in [6.45, 7) is 1.96. The molecule has 0 saturated carbocycles. The summed E-state index contributed by atoms with van der Waals surface area (Å²) in [6.07, 6.45) is -1.27. The van der Waals surface area contributed by atoms with Crippen molar-refractivity contribution in [3.8, 4) is 17.2 Å². The van der Waals surface area contributed by atoms with Gasteiger partial charge in [-0.05, 0) is 58.0 Å². The van der Waals surface area contributed by atoms with Gasteiger partial charge in [0, 0.05) is 43.5 Å². The number of carbonyl (C=O) groups is 1. The van der Waals surface area contributed by atoms with Crippen LogP contribution in [0.25, 0.3) is 10.8 Å². The molecule has 4 atom stereocenters. The van der Waals surface area contributed by atoms with E-state index in [2.05, 4.69) is 10.9 Å². The van der Waals surface area contributed by atoms with Crippen LogP contribution in [0.4, 0.5) is 0 Å². The van der Waals surface area contributed by atoms with E-state index < -0.39 is 23.4 Å². The fourth-order valence-electron chi connectivity index (χ4n) is 7.57. The molecule has 5 aromatic carbocycles. The molecule has 1 aliphatic heterocycles. The molecule has 6 rings (SSSR count). The zero-order chi connectivity index (χ0) is 43.0. The number of likely N-dealkylation sites (tertiary alicyclic amines) is 1. The Balaban J connectivity index is 1.20. The smallest absolute Gasteiger partial charge is 0.294 e. The lowest BCUT2D eigenvalue weighted by Crippen LogP contribution is -2.55. The number of para-hydroxylation sites is 1. The number of piperidine rings is 1. The molecule has 1 aliphatic rings. The Hall–Kier alpha value is -5.77. The molecule has 1 saturated heterocycles. The van der Waals surface area contributed by atoms with Gasteiger partial charge >= 0.3 is 0 Å². The lowest BCUT2D eigenvalue weighted by atomic mass is 9.84. The van der Waals surface area contributed by atoms with Gasteiger partial charge in [0.05, 0.1) is 72.5 Å². The molecule has 1 N–H and O–H groups in total. The van der Waals surface area contributed by atoms with Crippen LogP contribution >= 0.6 is 0 Å². The predicted molar refractivity (Wildman–Crippen MR) is 227 cm³/mol. The normalized spacial score (nSPS) is 16.9. The number of hydrogen-bond acceptors (Lipinski definition) is 12. The van der Waals surface area contributed by atoms with E-state index in [9.17, 15) is 20.0 Å². The number of hydrogen-bond donors (Lipinski definition) is 1. The van der Waals surface area contributed by atoms with Crippen LogP contribution in [0.2, 0.25) is 0 Å². The monoisotopic (exact) mass is 838 g/mol. The van der Waals surface area contributed by atoms with E-state index in [1.807, 2.05) is 78.9 Å². The molecular formula is C47H54N2O12. The Morgan fingerprint density at radius 3 is 2.28 bits per heavy atom. The molecule has 0 radical (unpaired) electrons. The minimum Gasteiger partial charge on any atom is -0.496 e. The van der Waals surface area contributed by atoms with E-state index in [1.165, 1.54) is 7.11 Å². The highest BCUT2D eigenvalue weighted by Crippen LogP contribution is 2.36. The van der Waals surface area contributed by atoms with Crippen LogP contribution in [-0.2, 0) is 54.8 Å². The summed E-state index contributed by atoms with van der Waals surface area (Å²) in [7, 11) is 4.80. The molecule has 1 amide bonds. The van der Waals surface area contributed by atoms with E-state index in [0.717, 1.165) is 39.0 Å². The lowest BCUT2D eigenvalue weighted by molar-refractivity contribution is -0.763. The number of nitrogens with zero attached hydrogens (tertiary/aromatic N) is 2. The first-order valence-electron chi connectivity index (χ1n) is 20.3. The summed E-state index contributed by atoms with van der Waals surface area (Å²) in [5.74, 6) is 1.70. The van der Waals surface area contributed by atoms with Gasteiger partial charge in [-0.1, -0.05) is 78.9 Å². The first-order chi connectivity index (χ1) is 29.7. The number of aliphatic hydroxyl groups excluding tert-OH is 1. The van der Waals surface area contributed by atoms with Crippen molar-refractivity contribution in [3.63, 3.8) is 0 Å². The summed E-state index contributed by atoms with van der Waals surface area (Å²) in [4.78, 5) is 31.2. The average Bonchev–Trinajstić information content (AvgIpc) is 3.28. The quantitative estimate of drug-likeness (QED) is 0.0423.